The number of amides is 2. The molecule has 8 nitrogen and oxygen atoms in total. The number of rotatable bonds is 6. The van der Waals surface area contributed by atoms with E-state index in [0.29, 0.717) is 0 Å². The fraction of sp³-hybridized carbons (Fsp3) is 0.381. The summed E-state index contributed by atoms with van der Waals surface area (Å²) in [6.07, 6.45) is 5.77. The summed E-state index contributed by atoms with van der Waals surface area (Å²) in [6, 6.07) is 9.46. The number of aromatic nitrogens is 1. The zero-order valence-electron chi connectivity index (χ0n) is 16.9. The summed E-state index contributed by atoms with van der Waals surface area (Å²) in [6.45, 7) is 1.50. The summed E-state index contributed by atoms with van der Waals surface area (Å²) in [5, 5.41) is 5.92. The maximum absolute atomic E-state index is 12.8. The molecule has 1 aromatic heterocycles. The van der Waals surface area contributed by atoms with E-state index in [0.717, 1.165) is 31.9 Å². The molecule has 2 amide bonds. The van der Waals surface area contributed by atoms with Gasteiger partial charge in [0.05, 0.1) is 4.90 Å². The van der Waals surface area contributed by atoms with Crippen LogP contribution in [-0.4, -0.2) is 43.6 Å². The third-order valence-corrected chi connectivity index (χ3v) is 6.04. The molecule has 0 bridgehead atoms. The van der Waals surface area contributed by atoms with E-state index < -0.39 is 9.84 Å². The number of hydrogen-bond acceptors (Lipinski definition) is 6. The van der Waals surface area contributed by atoms with Crippen molar-refractivity contribution in [2.75, 3.05) is 6.26 Å². The van der Waals surface area contributed by atoms with Crippen molar-refractivity contribution in [1.82, 2.24) is 15.6 Å². The van der Waals surface area contributed by atoms with E-state index >= 15 is 0 Å². The lowest BCUT2D eigenvalue weighted by Crippen LogP contribution is -2.43. The molecular formula is C21H25N3O5S. The first-order valence-electron chi connectivity index (χ1n) is 9.73. The van der Waals surface area contributed by atoms with Gasteiger partial charge in [-0.25, -0.2) is 13.4 Å². The van der Waals surface area contributed by atoms with Gasteiger partial charge in [0.15, 0.2) is 9.84 Å². The molecule has 0 saturated heterocycles. The normalized spacial score (nSPS) is 19.0. The van der Waals surface area contributed by atoms with Crippen LogP contribution in [0.25, 0.3) is 0 Å². The van der Waals surface area contributed by atoms with Crippen molar-refractivity contribution in [3.8, 4) is 11.6 Å². The number of benzene rings is 1. The number of sulfone groups is 1. The molecule has 30 heavy (non-hydrogen) atoms. The lowest BCUT2D eigenvalue weighted by atomic mass is 9.91. The van der Waals surface area contributed by atoms with Gasteiger partial charge in [-0.2, -0.15) is 0 Å². The fourth-order valence-electron chi connectivity index (χ4n) is 3.46. The highest BCUT2D eigenvalue weighted by Crippen LogP contribution is 2.26. The Morgan fingerprint density at radius 3 is 2.33 bits per heavy atom. The van der Waals surface area contributed by atoms with Crippen molar-refractivity contribution in [1.29, 1.82) is 0 Å². The molecule has 1 heterocycles. The highest BCUT2D eigenvalue weighted by Gasteiger charge is 2.24. The van der Waals surface area contributed by atoms with Crippen molar-refractivity contribution in [3.05, 3.63) is 48.2 Å². The Morgan fingerprint density at radius 2 is 1.70 bits per heavy atom. The number of pyridine rings is 1. The van der Waals surface area contributed by atoms with Gasteiger partial charge >= 0.3 is 0 Å². The average Bonchev–Trinajstić information content (AvgIpc) is 2.69. The van der Waals surface area contributed by atoms with Gasteiger partial charge in [0.1, 0.15) is 11.3 Å². The molecule has 2 N–H and O–H groups in total. The molecule has 0 aliphatic heterocycles. The molecule has 1 saturated carbocycles. The highest BCUT2D eigenvalue weighted by atomic mass is 32.2. The number of hydrogen-bond donors (Lipinski definition) is 2. The van der Waals surface area contributed by atoms with Crippen LogP contribution in [0.1, 0.15) is 43.0 Å². The van der Waals surface area contributed by atoms with Gasteiger partial charge in [-0.3, -0.25) is 9.59 Å². The van der Waals surface area contributed by atoms with Gasteiger partial charge in [0, 0.05) is 31.5 Å². The van der Waals surface area contributed by atoms with E-state index in [1.165, 1.54) is 25.3 Å². The fourth-order valence-corrected chi connectivity index (χ4v) is 4.11. The largest absolute Gasteiger partial charge is 0.438 e. The van der Waals surface area contributed by atoms with Crippen molar-refractivity contribution < 1.29 is 22.7 Å². The zero-order chi connectivity index (χ0) is 21.7. The molecule has 2 aromatic rings. The van der Waals surface area contributed by atoms with Crippen LogP contribution in [-0.2, 0) is 14.6 Å². The molecular weight excluding hydrogens is 406 g/mol. The maximum Gasteiger partial charge on any atom is 0.257 e. The lowest BCUT2D eigenvalue weighted by Gasteiger charge is -2.29. The summed E-state index contributed by atoms with van der Waals surface area (Å²) < 4.78 is 29.2. The first-order valence-corrected chi connectivity index (χ1v) is 11.6. The summed E-state index contributed by atoms with van der Waals surface area (Å²) in [7, 11) is -3.38. The lowest BCUT2D eigenvalue weighted by molar-refractivity contribution is -0.119. The molecule has 0 spiro atoms. The molecule has 0 radical (unpaired) electrons. The quantitative estimate of drug-likeness (QED) is 0.726. The molecule has 3 rings (SSSR count). The van der Waals surface area contributed by atoms with Crippen LogP contribution >= 0.6 is 0 Å². The predicted octanol–water partition coefficient (Wildman–Crippen LogP) is 2.45. The number of nitrogens with one attached hydrogen (secondary N) is 2. The minimum absolute atomic E-state index is 0.00382. The first-order chi connectivity index (χ1) is 14.2. The Bertz CT molecular complexity index is 1030. The monoisotopic (exact) mass is 431 g/mol. The Morgan fingerprint density at radius 1 is 1.03 bits per heavy atom. The third-order valence-electron chi connectivity index (χ3n) is 4.93. The van der Waals surface area contributed by atoms with E-state index in [-0.39, 0.29) is 46.0 Å². The topological polar surface area (TPSA) is 114 Å². The smallest absolute Gasteiger partial charge is 0.257 e. The van der Waals surface area contributed by atoms with E-state index in [1.54, 1.807) is 24.3 Å². The summed E-state index contributed by atoms with van der Waals surface area (Å²) in [5.41, 5.74) is 0.270. The molecule has 0 unspecified atom stereocenters. The van der Waals surface area contributed by atoms with Gasteiger partial charge in [-0.15, -0.1) is 0 Å². The van der Waals surface area contributed by atoms with Crippen LogP contribution in [0.5, 0.6) is 11.6 Å². The van der Waals surface area contributed by atoms with Gasteiger partial charge in [-0.05, 0) is 56.0 Å². The molecule has 1 aliphatic rings. The summed E-state index contributed by atoms with van der Waals surface area (Å²) in [5.74, 6) is 0.0361. The van der Waals surface area contributed by atoms with Crippen LogP contribution in [0.3, 0.4) is 0 Å². The Kier molecular flexibility index (Phi) is 6.71. The average molecular weight is 432 g/mol. The van der Waals surface area contributed by atoms with Gasteiger partial charge in [-0.1, -0.05) is 6.07 Å². The minimum atomic E-state index is -3.38. The van der Waals surface area contributed by atoms with Crippen LogP contribution in [0.4, 0.5) is 0 Å². The van der Waals surface area contributed by atoms with Crippen molar-refractivity contribution >= 4 is 21.7 Å². The molecule has 160 valence electrons. The standard InChI is InChI=1S/C21H25N3O5S/c1-14(25)23-15-8-10-16(11-9-15)24-20(26)19-7-4-12-22-21(19)29-17-5-3-6-18(13-17)30(2,27)28/h3-7,12-13,15-16H,8-11H2,1-2H3,(H,23,25)(H,24,26)/t15-,16+. The van der Waals surface area contributed by atoms with Crippen LogP contribution < -0.4 is 15.4 Å². The second kappa shape index (κ2) is 9.25. The van der Waals surface area contributed by atoms with E-state index in [1.807, 2.05) is 0 Å². The van der Waals surface area contributed by atoms with Gasteiger partial charge in [0.2, 0.25) is 11.8 Å². The van der Waals surface area contributed by atoms with E-state index in [2.05, 4.69) is 15.6 Å². The van der Waals surface area contributed by atoms with Crippen LogP contribution in [0.2, 0.25) is 0 Å². The minimum Gasteiger partial charge on any atom is -0.438 e. The first kappa shape index (κ1) is 21.8. The molecule has 1 fully saturated rings. The van der Waals surface area contributed by atoms with E-state index in [9.17, 15) is 18.0 Å². The summed E-state index contributed by atoms with van der Waals surface area (Å²) in [4.78, 5) is 28.3. The van der Waals surface area contributed by atoms with Crippen molar-refractivity contribution in [3.63, 3.8) is 0 Å². The Labute approximate surface area is 176 Å². The third kappa shape index (κ3) is 5.79. The maximum atomic E-state index is 12.8. The van der Waals surface area contributed by atoms with Crippen LogP contribution in [0, 0.1) is 0 Å². The Hall–Kier alpha value is -2.94. The van der Waals surface area contributed by atoms with E-state index in [4.69, 9.17) is 4.74 Å². The zero-order valence-corrected chi connectivity index (χ0v) is 17.7. The SMILES string of the molecule is CC(=O)N[C@H]1CC[C@@H](NC(=O)c2cccnc2Oc2cccc(S(C)(=O)=O)c2)CC1. The van der Waals surface area contributed by atoms with Crippen molar-refractivity contribution in [2.45, 2.75) is 49.6 Å². The number of nitrogens with zero attached hydrogens (tertiary/aromatic N) is 1. The highest BCUT2D eigenvalue weighted by molar-refractivity contribution is 7.90. The molecule has 9 heteroatoms. The van der Waals surface area contributed by atoms with Crippen molar-refractivity contribution in [2.24, 2.45) is 0 Å². The second-order valence-corrected chi connectivity index (χ2v) is 9.44. The van der Waals surface area contributed by atoms with Crippen LogP contribution in [0.15, 0.2) is 47.5 Å². The number of ether oxygens (including phenoxy) is 1. The van der Waals surface area contributed by atoms with Gasteiger partial charge in [0.25, 0.3) is 5.91 Å². The number of carbonyl (C=O) groups excluding carboxylic acids is 2. The number of carbonyl (C=O) groups is 2. The Balaban J connectivity index is 1.68. The summed E-state index contributed by atoms with van der Waals surface area (Å²) >= 11 is 0. The second-order valence-electron chi connectivity index (χ2n) is 7.43. The molecule has 1 aliphatic carbocycles. The predicted molar refractivity (Wildman–Crippen MR) is 111 cm³/mol. The van der Waals surface area contributed by atoms with Gasteiger partial charge < -0.3 is 15.4 Å². The molecule has 0 atom stereocenters. The molecule has 1 aromatic carbocycles.